The quantitative estimate of drug-likeness (QED) is 0.201. The van der Waals surface area contributed by atoms with E-state index in [2.05, 4.69) is 10.3 Å². The van der Waals surface area contributed by atoms with Gasteiger partial charge in [-0.1, -0.05) is 18.5 Å². The van der Waals surface area contributed by atoms with E-state index in [1.807, 2.05) is 0 Å². The first-order valence-corrected chi connectivity index (χ1v) is 14.8. The van der Waals surface area contributed by atoms with Crippen LogP contribution in [0.15, 0.2) is 16.9 Å². The lowest BCUT2D eigenvalue weighted by Crippen LogP contribution is -2.44. The summed E-state index contributed by atoms with van der Waals surface area (Å²) in [5.41, 5.74) is -0.425. The van der Waals surface area contributed by atoms with E-state index in [1.165, 1.54) is 10.6 Å². The summed E-state index contributed by atoms with van der Waals surface area (Å²) in [5.74, 6) is -3.83. The molecule has 46 heavy (non-hydrogen) atoms. The standard InChI is InChI=1S/C30H27ClF4N4O7/c1-2-29(45)16-7-20-26-14(10-39(20)27(43)15(16)12-46-28(29)44)24-18(4-3-13-23(24)19(37-26)8-17(32)25(13)31)36-21(41)11-38(5-6-40)22(42)9-30(33,34)35/h7-8,18,40,45H,2-6,9-12H2,1H3,(H,36,41)/t18?,29-/m0/s1. The van der Waals surface area contributed by atoms with Gasteiger partial charge in [-0.05, 0) is 36.5 Å². The number of benzene rings is 1. The fraction of sp³-hybridized carbons (Fsp3) is 0.433. The molecule has 0 saturated heterocycles. The van der Waals surface area contributed by atoms with Crippen LogP contribution in [0.1, 0.15) is 60.0 Å². The highest BCUT2D eigenvalue weighted by Gasteiger charge is 2.46. The maximum atomic E-state index is 15.0. The minimum Gasteiger partial charge on any atom is -0.458 e. The highest BCUT2D eigenvalue weighted by atomic mass is 35.5. The molecule has 2 atom stereocenters. The van der Waals surface area contributed by atoms with Crippen LogP contribution < -0.4 is 10.9 Å². The van der Waals surface area contributed by atoms with E-state index < -0.39 is 73.1 Å². The topological polar surface area (TPSA) is 151 Å². The van der Waals surface area contributed by atoms with Crippen LogP contribution in [-0.2, 0) is 44.3 Å². The highest BCUT2D eigenvalue weighted by Crippen LogP contribution is 2.46. The molecular weight excluding hydrogens is 640 g/mol. The van der Waals surface area contributed by atoms with Gasteiger partial charge in [-0.3, -0.25) is 14.4 Å². The number of alkyl halides is 3. The Balaban J connectivity index is 1.45. The van der Waals surface area contributed by atoms with Crippen molar-refractivity contribution in [2.75, 3.05) is 19.7 Å². The number of nitrogens with one attached hydrogen (secondary N) is 1. The first-order chi connectivity index (χ1) is 21.7. The van der Waals surface area contributed by atoms with Crippen molar-refractivity contribution in [1.29, 1.82) is 0 Å². The number of carbonyl (C=O) groups excluding carboxylic acids is 3. The van der Waals surface area contributed by atoms with E-state index >= 15 is 0 Å². The average Bonchev–Trinajstić information content (AvgIpc) is 3.36. The summed E-state index contributed by atoms with van der Waals surface area (Å²) in [4.78, 5) is 57.0. The number of amides is 2. The zero-order valence-corrected chi connectivity index (χ0v) is 25.0. The Morgan fingerprint density at radius 3 is 2.65 bits per heavy atom. The third-order valence-electron chi connectivity index (χ3n) is 8.79. The van der Waals surface area contributed by atoms with Crippen LogP contribution in [0.2, 0.25) is 5.02 Å². The minimum absolute atomic E-state index is 0.0466. The van der Waals surface area contributed by atoms with Crippen molar-refractivity contribution in [3.8, 4) is 11.4 Å². The maximum Gasteiger partial charge on any atom is 0.397 e. The molecule has 1 unspecified atom stereocenters. The van der Waals surface area contributed by atoms with Gasteiger partial charge in [-0.25, -0.2) is 14.2 Å². The van der Waals surface area contributed by atoms with Crippen molar-refractivity contribution in [3.05, 3.63) is 61.1 Å². The Morgan fingerprint density at radius 1 is 1.24 bits per heavy atom. The van der Waals surface area contributed by atoms with E-state index in [9.17, 15) is 47.0 Å². The second kappa shape index (κ2) is 11.3. The molecule has 244 valence electrons. The van der Waals surface area contributed by atoms with Crippen molar-refractivity contribution in [2.45, 2.75) is 63.6 Å². The molecule has 2 amide bonds. The van der Waals surface area contributed by atoms with Gasteiger partial charge >= 0.3 is 12.1 Å². The number of aliphatic hydroxyl groups is 2. The number of aliphatic hydroxyl groups excluding tert-OH is 1. The molecule has 1 aliphatic carbocycles. The summed E-state index contributed by atoms with van der Waals surface area (Å²) in [6, 6.07) is 1.79. The Kier molecular flexibility index (Phi) is 7.84. The third-order valence-corrected chi connectivity index (χ3v) is 9.19. The molecule has 0 radical (unpaired) electrons. The summed E-state index contributed by atoms with van der Waals surface area (Å²) >= 11 is 6.36. The summed E-state index contributed by atoms with van der Waals surface area (Å²) in [7, 11) is 0. The number of hydrogen-bond donors (Lipinski definition) is 3. The molecule has 3 N–H and O–H groups in total. The summed E-state index contributed by atoms with van der Waals surface area (Å²) in [5, 5.41) is 23.6. The predicted octanol–water partition coefficient (Wildman–Crippen LogP) is 2.75. The minimum atomic E-state index is -4.81. The van der Waals surface area contributed by atoms with Gasteiger partial charge in [0, 0.05) is 29.1 Å². The molecule has 4 heterocycles. The van der Waals surface area contributed by atoms with Gasteiger partial charge in [0.05, 0.1) is 53.2 Å². The molecule has 1 aromatic carbocycles. The zero-order chi connectivity index (χ0) is 33.3. The molecular formula is C30H27ClF4N4O7. The fourth-order valence-electron chi connectivity index (χ4n) is 6.61. The molecule has 0 bridgehead atoms. The number of pyridine rings is 2. The van der Waals surface area contributed by atoms with Gasteiger partial charge in [0.15, 0.2) is 5.60 Å². The lowest BCUT2D eigenvalue weighted by atomic mass is 9.83. The van der Waals surface area contributed by atoms with Crippen LogP contribution in [0.5, 0.6) is 0 Å². The Bertz CT molecular complexity index is 1900. The predicted molar refractivity (Wildman–Crippen MR) is 153 cm³/mol. The van der Waals surface area contributed by atoms with Crippen molar-refractivity contribution >= 4 is 40.3 Å². The van der Waals surface area contributed by atoms with Crippen LogP contribution in [0.25, 0.3) is 22.3 Å². The van der Waals surface area contributed by atoms with Crippen LogP contribution >= 0.6 is 11.6 Å². The molecule has 0 fully saturated rings. The Hall–Kier alpha value is -4.08. The van der Waals surface area contributed by atoms with Gasteiger partial charge in [0.2, 0.25) is 11.8 Å². The van der Waals surface area contributed by atoms with E-state index in [0.29, 0.717) is 27.0 Å². The number of fused-ring (bicyclic) bond motifs is 5. The Morgan fingerprint density at radius 2 is 1.98 bits per heavy atom. The zero-order valence-electron chi connectivity index (χ0n) is 24.3. The van der Waals surface area contributed by atoms with Crippen LogP contribution in [-0.4, -0.2) is 68.3 Å². The fourth-order valence-corrected chi connectivity index (χ4v) is 6.85. The first-order valence-electron chi connectivity index (χ1n) is 14.4. The number of nitrogens with zero attached hydrogens (tertiary/aromatic N) is 3. The molecule has 3 aromatic rings. The van der Waals surface area contributed by atoms with E-state index in [0.717, 1.165) is 6.07 Å². The number of aryl methyl sites for hydroxylation is 1. The van der Waals surface area contributed by atoms with Gasteiger partial charge in [-0.2, -0.15) is 13.2 Å². The van der Waals surface area contributed by atoms with Crippen LogP contribution in [0, 0.1) is 5.82 Å². The summed E-state index contributed by atoms with van der Waals surface area (Å²) < 4.78 is 60.1. The largest absolute Gasteiger partial charge is 0.458 e. The number of cyclic esters (lactones) is 1. The normalized spacial score (nSPS) is 19.7. The number of rotatable bonds is 7. The lowest BCUT2D eigenvalue weighted by molar-refractivity contribution is -0.172. The molecule has 0 spiro atoms. The molecule has 3 aliphatic rings. The average molecular weight is 667 g/mol. The van der Waals surface area contributed by atoms with Crippen molar-refractivity contribution < 1.29 is 46.9 Å². The third kappa shape index (κ3) is 5.10. The number of hydrogen-bond acceptors (Lipinski definition) is 8. The lowest BCUT2D eigenvalue weighted by Gasteiger charge is -2.31. The van der Waals surface area contributed by atoms with Crippen molar-refractivity contribution in [1.82, 2.24) is 19.8 Å². The SMILES string of the molecule is CC[C@@]1(O)C(=O)OCc2c1cc1n(c2=O)Cc2c-1nc1cc(F)c(Cl)c3c1c2C(NC(=O)CN(CCO)C(=O)CC(F)(F)F)CC3. The summed E-state index contributed by atoms with van der Waals surface area (Å²) in [6.45, 7) is -0.777. The van der Waals surface area contributed by atoms with Gasteiger partial charge in [0.25, 0.3) is 5.56 Å². The number of esters is 1. The number of ether oxygens (including phenoxy) is 1. The van der Waals surface area contributed by atoms with Crippen LogP contribution in [0.3, 0.4) is 0 Å². The van der Waals surface area contributed by atoms with Crippen molar-refractivity contribution in [3.63, 3.8) is 0 Å². The van der Waals surface area contributed by atoms with E-state index in [4.69, 9.17) is 16.3 Å². The molecule has 6 rings (SSSR count). The van der Waals surface area contributed by atoms with E-state index in [1.54, 1.807) is 6.92 Å². The van der Waals surface area contributed by atoms with Crippen molar-refractivity contribution in [2.24, 2.45) is 0 Å². The van der Waals surface area contributed by atoms with E-state index in [-0.39, 0.29) is 65.5 Å². The second-order valence-electron chi connectivity index (χ2n) is 11.5. The second-order valence-corrected chi connectivity index (χ2v) is 11.9. The molecule has 2 aliphatic heterocycles. The Labute approximate surface area is 262 Å². The number of halogens is 5. The smallest absolute Gasteiger partial charge is 0.397 e. The van der Waals surface area contributed by atoms with Crippen LogP contribution in [0.4, 0.5) is 17.6 Å². The molecule has 0 saturated carbocycles. The maximum absolute atomic E-state index is 15.0. The molecule has 2 aromatic heterocycles. The molecule has 11 nitrogen and oxygen atoms in total. The first kappa shape index (κ1) is 31.9. The highest BCUT2D eigenvalue weighted by molar-refractivity contribution is 6.32. The van der Waals surface area contributed by atoms with Gasteiger partial charge in [-0.15, -0.1) is 0 Å². The molecule has 16 heteroatoms. The number of carbonyl (C=O) groups is 3. The number of aromatic nitrogens is 2. The monoisotopic (exact) mass is 666 g/mol. The van der Waals surface area contributed by atoms with Gasteiger partial charge in [0.1, 0.15) is 18.8 Å². The summed E-state index contributed by atoms with van der Waals surface area (Å²) in [6.07, 6.45) is -6.32. The van der Waals surface area contributed by atoms with Gasteiger partial charge < -0.3 is 29.7 Å².